The van der Waals surface area contributed by atoms with E-state index in [0.29, 0.717) is 35.0 Å². The highest BCUT2D eigenvalue weighted by Gasteiger charge is 2.30. The monoisotopic (exact) mass is 567 g/mol. The molecule has 3 aromatic carbocycles. The number of benzene rings is 3. The van der Waals surface area contributed by atoms with E-state index in [1.807, 2.05) is 87.5 Å². The number of aromatic nitrogens is 1. The Labute approximate surface area is 246 Å². The van der Waals surface area contributed by atoms with Gasteiger partial charge in [-0.1, -0.05) is 24.3 Å². The molecule has 0 bridgehead atoms. The van der Waals surface area contributed by atoms with Crippen molar-refractivity contribution in [1.29, 1.82) is 0 Å². The standard InChI is InChI=1S/C33H37N5O4/c1-4-41-30-18-25(11-13-29(30)42-21(2)3)31(38(34)28-12-10-26-20-35-15-14-24(26)17-28)33(40)36-19-22-6-5-7-27(16-22)37-32(39)23-8-9-23/h5-7,10-18,20-21,23,31H,4,8-9,19,34H2,1-3H3,(H,36,40)(H,37,39). The summed E-state index contributed by atoms with van der Waals surface area (Å²) in [6.45, 7) is 6.49. The first kappa shape index (κ1) is 28.9. The van der Waals surface area contributed by atoms with Gasteiger partial charge in [0.2, 0.25) is 11.8 Å². The maximum atomic E-state index is 13.9. The quantitative estimate of drug-likeness (QED) is 0.153. The minimum atomic E-state index is -0.880. The van der Waals surface area contributed by atoms with Crippen LogP contribution in [0, 0.1) is 5.92 Å². The van der Waals surface area contributed by atoms with Crippen molar-refractivity contribution in [1.82, 2.24) is 10.3 Å². The number of hydrogen-bond acceptors (Lipinski definition) is 7. The van der Waals surface area contributed by atoms with Crippen molar-refractivity contribution >= 4 is 34.0 Å². The number of nitrogens with one attached hydrogen (secondary N) is 2. The molecule has 0 spiro atoms. The number of nitrogens with zero attached hydrogens (tertiary/aromatic N) is 2. The molecule has 4 N–H and O–H groups in total. The Hall–Kier alpha value is -4.63. The van der Waals surface area contributed by atoms with E-state index in [9.17, 15) is 9.59 Å². The number of nitrogens with two attached hydrogens (primary N) is 1. The normalized spacial score (nSPS) is 13.5. The second-order valence-corrected chi connectivity index (χ2v) is 10.7. The predicted molar refractivity (Wildman–Crippen MR) is 164 cm³/mol. The molecule has 9 nitrogen and oxygen atoms in total. The minimum absolute atomic E-state index is 0.0381. The van der Waals surface area contributed by atoms with Crippen LogP contribution < -0.4 is 31.0 Å². The second kappa shape index (κ2) is 12.9. The summed E-state index contributed by atoms with van der Waals surface area (Å²) in [6.07, 6.45) is 5.33. The van der Waals surface area contributed by atoms with Gasteiger partial charge in [0, 0.05) is 35.9 Å². The SMILES string of the molecule is CCOc1cc(C(C(=O)NCc2cccc(NC(=O)C3CC3)c2)N(N)c2ccc3cnccc3c2)ccc1OC(C)C. The van der Waals surface area contributed by atoms with Crippen LogP contribution in [-0.4, -0.2) is 29.5 Å². The van der Waals surface area contributed by atoms with Gasteiger partial charge in [0.1, 0.15) is 6.04 Å². The number of hydrogen-bond donors (Lipinski definition) is 3. The first-order valence-electron chi connectivity index (χ1n) is 14.3. The largest absolute Gasteiger partial charge is 0.490 e. The fourth-order valence-electron chi connectivity index (χ4n) is 4.77. The zero-order chi connectivity index (χ0) is 29.6. The molecule has 9 heteroatoms. The number of hydrazine groups is 1. The first-order valence-corrected chi connectivity index (χ1v) is 14.3. The summed E-state index contributed by atoms with van der Waals surface area (Å²) in [6, 6.07) is 19.7. The van der Waals surface area contributed by atoms with Crippen molar-refractivity contribution < 1.29 is 19.1 Å². The number of carbonyl (C=O) groups excluding carboxylic acids is 2. The lowest BCUT2D eigenvalue weighted by molar-refractivity contribution is -0.122. The third-order valence-corrected chi connectivity index (χ3v) is 7.00. The predicted octanol–water partition coefficient (Wildman–Crippen LogP) is 5.51. The third-order valence-electron chi connectivity index (χ3n) is 7.00. The van der Waals surface area contributed by atoms with Gasteiger partial charge in [-0.2, -0.15) is 0 Å². The number of fused-ring (bicyclic) bond motifs is 1. The van der Waals surface area contributed by atoms with Gasteiger partial charge in [0.05, 0.1) is 18.4 Å². The molecule has 218 valence electrons. The Morgan fingerprint density at radius 2 is 1.86 bits per heavy atom. The average molecular weight is 568 g/mol. The summed E-state index contributed by atoms with van der Waals surface area (Å²) in [5.74, 6) is 7.72. The Kier molecular flexibility index (Phi) is 8.88. The highest BCUT2D eigenvalue weighted by atomic mass is 16.5. The van der Waals surface area contributed by atoms with E-state index in [-0.39, 0.29) is 30.4 Å². The van der Waals surface area contributed by atoms with E-state index in [4.69, 9.17) is 15.3 Å². The lowest BCUT2D eigenvalue weighted by Gasteiger charge is -2.29. The van der Waals surface area contributed by atoms with E-state index >= 15 is 0 Å². The Morgan fingerprint density at radius 1 is 1.02 bits per heavy atom. The number of amides is 2. The molecule has 1 atom stereocenters. The summed E-state index contributed by atoms with van der Waals surface area (Å²) in [7, 11) is 0. The average Bonchev–Trinajstić information content (AvgIpc) is 3.83. The van der Waals surface area contributed by atoms with Gasteiger partial charge in [-0.05, 0) is 92.6 Å². The number of rotatable bonds is 12. The van der Waals surface area contributed by atoms with Crippen molar-refractivity contribution in [2.45, 2.75) is 52.3 Å². The van der Waals surface area contributed by atoms with Crippen molar-refractivity contribution in [3.63, 3.8) is 0 Å². The number of pyridine rings is 1. The van der Waals surface area contributed by atoms with Crippen molar-refractivity contribution in [2.75, 3.05) is 16.9 Å². The number of carbonyl (C=O) groups is 2. The van der Waals surface area contributed by atoms with Crippen LogP contribution in [0.1, 0.15) is 50.8 Å². The molecule has 4 aromatic rings. The fourth-order valence-corrected chi connectivity index (χ4v) is 4.77. The molecule has 1 unspecified atom stereocenters. The van der Waals surface area contributed by atoms with Gasteiger partial charge in [-0.3, -0.25) is 19.6 Å². The molecule has 1 saturated carbocycles. The molecule has 1 aliphatic carbocycles. The Morgan fingerprint density at radius 3 is 2.62 bits per heavy atom. The lowest BCUT2D eigenvalue weighted by atomic mass is 10.0. The molecule has 1 fully saturated rings. The molecule has 0 saturated heterocycles. The maximum Gasteiger partial charge on any atom is 0.249 e. The zero-order valence-corrected chi connectivity index (χ0v) is 24.2. The Bertz CT molecular complexity index is 1570. The van der Waals surface area contributed by atoms with E-state index in [1.165, 1.54) is 5.01 Å². The second-order valence-electron chi connectivity index (χ2n) is 10.7. The van der Waals surface area contributed by atoms with Gasteiger partial charge in [0.15, 0.2) is 11.5 Å². The summed E-state index contributed by atoms with van der Waals surface area (Å²) in [5, 5.41) is 9.40. The highest BCUT2D eigenvalue weighted by molar-refractivity contribution is 5.94. The van der Waals surface area contributed by atoms with Gasteiger partial charge >= 0.3 is 0 Å². The van der Waals surface area contributed by atoms with Gasteiger partial charge < -0.3 is 20.1 Å². The van der Waals surface area contributed by atoms with Crippen LogP contribution in [0.15, 0.2) is 79.1 Å². The molecule has 0 radical (unpaired) electrons. The topological polar surface area (TPSA) is 119 Å². The summed E-state index contributed by atoms with van der Waals surface area (Å²) in [5.41, 5.74) is 2.88. The molecule has 1 aromatic heterocycles. The summed E-state index contributed by atoms with van der Waals surface area (Å²) < 4.78 is 11.8. The number of ether oxygens (including phenoxy) is 2. The molecule has 1 heterocycles. The van der Waals surface area contributed by atoms with Crippen LogP contribution in [0.2, 0.25) is 0 Å². The molecular formula is C33H37N5O4. The van der Waals surface area contributed by atoms with Crippen LogP contribution in [0.25, 0.3) is 10.8 Å². The minimum Gasteiger partial charge on any atom is -0.490 e. The van der Waals surface area contributed by atoms with E-state index in [0.717, 1.165) is 29.2 Å². The lowest BCUT2D eigenvalue weighted by Crippen LogP contribution is -2.44. The molecule has 2 amide bonds. The van der Waals surface area contributed by atoms with E-state index in [2.05, 4.69) is 15.6 Å². The number of anilines is 2. The molecule has 42 heavy (non-hydrogen) atoms. The van der Waals surface area contributed by atoms with Crippen LogP contribution in [0.5, 0.6) is 11.5 Å². The first-order chi connectivity index (χ1) is 20.3. The van der Waals surface area contributed by atoms with Crippen molar-refractivity contribution in [3.8, 4) is 11.5 Å². The summed E-state index contributed by atoms with van der Waals surface area (Å²) >= 11 is 0. The van der Waals surface area contributed by atoms with Gasteiger partial charge in [-0.25, -0.2) is 5.84 Å². The summed E-state index contributed by atoms with van der Waals surface area (Å²) in [4.78, 5) is 30.3. The van der Waals surface area contributed by atoms with Crippen molar-refractivity contribution in [3.05, 3.63) is 90.3 Å². The van der Waals surface area contributed by atoms with Crippen LogP contribution in [-0.2, 0) is 16.1 Å². The van der Waals surface area contributed by atoms with E-state index in [1.54, 1.807) is 12.4 Å². The van der Waals surface area contributed by atoms with E-state index < -0.39 is 6.04 Å². The molecule has 5 rings (SSSR count). The fraction of sp³-hybridized carbons (Fsp3) is 0.303. The third kappa shape index (κ3) is 6.98. The van der Waals surface area contributed by atoms with Crippen LogP contribution in [0.4, 0.5) is 11.4 Å². The zero-order valence-electron chi connectivity index (χ0n) is 24.2. The smallest absolute Gasteiger partial charge is 0.249 e. The van der Waals surface area contributed by atoms with Crippen LogP contribution in [0.3, 0.4) is 0 Å². The van der Waals surface area contributed by atoms with Crippen LogP contribution >= 0.6 is 0 Å². The Balaban J connectivity index is 1.43. The molecular weight excluding hydrogens is 530 g/mol. The van der Waals surface area contributed by atoms with Gasteiger partial charge in [-0.15, -0.1) is 0 Å². The molecule has 0 aliphatic heterocycles. The van der Waals surface area contributed by atoms with Gasteiger partial charge in [0.25, 0.3) is 0 Å². The van der Waals surface area contributed by atoms with Crippen molar-refractivity contribution in [2.24, 2.45) is 11.8 Å². The highest BCUT2D eigenvalue weighted by Crippen LogP contribution is 2.35. The maximum absolute atomic E-state index is 13.9. The molecule has 1 aliphatic rings.